The first kappa shape index (κ1) is 24.8. The van der Waals surface area contributed by atoms with Gasteiger partial charge in [0.05, 0.1) is 0 Å². The fourth-order valence-corrected chi connectivity index (χ4v) is 3.34. The van der Waals surface area contributed by atoms with E-state index in [9.17, 15) is 0 Å². The van der Waals surface area contributed by atoms with Gasteiger partial charge in [-0.2, -0.15) is 0 Å². The Kier molecular flexibility index (Phi) is 20.0. The zero-order valence-corrected chi connectivity index (χ0v) is 17.5. The summed E-state index contributed by atoms with van der Waals surface area (Å²) in [6, 6.07) is 0. The van der Waals surface area contributed by atoms with Crippen molar-refractivity contribution in [1.29, 1.82) is 0 Å². The molecule has 4 N–H and O–H groups in total. The summed E-state index contributed by atoms with van der Waals surface area (Å²) in [5, 5.41) is 0. The van der Waals surface area contributed by atoms with Gasteiger partial charge in [-0.3, -0.25) is 0 Å². The van der Waals surface area contributed by atoms with Gasteiger partial charge < -0.3 is 21.3 Å². The SMILES string of the molecule is CCCCCCN(CCCCCC)CCCN(CCCN)CCCN. The lowest BCUT2D eigenvalue weighted by Crippen LogP contribution is -2.33. The number of unbranched alkanes of at least 4 members (excludes halogenated alkanes) is 6. The number of nitrogens with two attached hydrogens (primary N) is 2. The summed E-state index contributed by atoms with van der Waals surface area (Å²) >= 11 is 0. The fraction of sp³-hybridized carbons (Fsp3) is 1.00. The molecule has 0 unspecified atom stereocenters. The van der Waals surface area contributed by atoms with Crippen molar-refractivity contribution in [3.63, 3.8) is 0 Å². The summed E-state index contributed by atoms with van der Waals surface area (Å²) < 4.78 is 0. The van der Waals surface area contributed by atoms with Crippen LogP contribution < -0.4 is 11.5 Å². The molecule has 0 atom stereocenters. The number of hydrogen-bond acceptors (Lipinski definition) is 4. The highest BCUT2D eigenvalue weighted by Crippen LogP contribution is 2.07. The quantitative estimate of drug-likeness (QED) is 0.325. The summed E-state index contributed by atoms with van der Waals surface area (Å²) in [4.78, 5) is 5.28. The molecule has 0 saturated carbocycles. The zero-order chi connectivity index (χ0) is 18.6. The van der Waals surface area contributed by atoms with Gasteiger partial charge in [0.1, 0.15) is 0 Å². The van der Waals surface area contributed by atoms with Gasteiger partial charge in [0, 0.05) is 0 Å². The van der Waals surface area contributed by atoms with E-state index in [0.717, 1.165) is 39.0 Å². The molecule has 152 valence electrons. The molecular weight excluding hydrogens is 308 g/mol. The average molecular weight is 357 g/mol. The molecule has 0 heterocycles. The van der Waals surface area contributed by atoms with Crippen molar-refractivity contribution in [2.45, 2.75) is 84.5 Å². The van der Waals surface area contributed by atoms with Crippen molar-refractivity contribution in [3.05, 3.63) is 0 Å². The smallest absolute Gasteiger partial charge is 0.000653 e. The van der Waals surface area contributed by atoms with Crippen LogP contribution in [0.25, 0.3) is 0 Å². The molecule has 0 bridgehead atoms. The minimum atomic E-state index is 0.792. The van der Waals surface area contributed by atoms with Gasteiger partial charge in [0.2, 0.25) is 0 Å². The van der Waals surface area contributed by atoms with E-state index < -0.39 is 0 Å². The highest BCUT2D eigenvalue weighted by Gasteiger charge is 2.08. The normalized spacial score (nSPS) is 11.8. The maximum Gasteiger partial charge on any atom is -0.000653 e. The molecule has 0 aliphatic rings. The fourth-order valence-electron chi connectivity index (χ4n) is 3.34. The Morgan fingerprint density at radius 2 is 0.800 bits per heavy atom. The van der Waals surface area contributed by atoms with Crippen molar-refractivity contribution >= 4 is 0 Å². The van der Waals surface area contributed by atoms with Crippen LogP contribution in [0.3, 0.4) is 0 Å². The van der Waals surface area contributed by atoms with E-state index >= 15 is 0 Å². The van der Waals surface area contributed by atoms with E-state index in [-0.39, 0.29) is 0 Å². The predicted octanol–water partition coefficient (Wildman–Crippen LogP) is 3.84. The molecule has 0 aromatic rings. The summed E-state index contributed by atoms with van der Waals surface area (Å²) in [5.41, 5.74) is 11.4. The molecule has 0 aliphatic heterocycles. The van der Waals surface area contributed by atoms with E-state index in [1.807, 2.05) is 0 Å². The molecule has 0 amide bonds. The number of hydrogen-bond donors (Lipinski definition) is 2. The molecule has 4 heteroatoms. The largest absolute Gasteiger partial charge is 0.330 e. The number of rotatable bonds is 20. The maximum absolute atomic E-state index is 5.68. The van der Waals surface area contributed by atoms with E-state index in [1.165, 1.54) is 84.0 Å². The van der Waals surface area contributed by atoms with Crippen LogP contribution in [0.1, 0.15) is 84.5 Å². The van der Waals surface area contributed by atoms with Crippen LogP contribution in [0.2, 0.25) is 0 Å². The highest BCUT2D eigenvalue weighted by atomic mass is 15.1. The lowest BCUT2D eigenvalue weighted by Gasteiger charge is -2.26. The first-order chi connectivity index (χ1) is 12.3. The van der Waals surface area contributed by atoms with Gasteiger partial charge in [-0.15, -0.1) is 0 Å². The second-order valence-electron chi connectivity index (χ2n) is 7.44. The number of nitrogens with zero attached hydrogens (tertiary/aromatic N) is 2. The Morgan fingerprint density at radius 1 is 0.440 bits per heavy atom. The molecule has 4 nitrogen and oxygen atoms in total. The van der Waals surface area contributed by atoms with Crippen LogP contribution in [-0.4, -0.2) is 62.2 Å². The summed E-state index contributed by atoms with van der Waals surface area (Å²) in [7, 11) is 0. The Morgan fingerprint density at radius 3 is 1.16 bits per heavy atom. The van der Waals surface area contributed by atoms with E-state index in [2.05, 4.69) is 23.6 Å². The summed E-state index contributed by atoms with van der Waals surface area (Å²) in [6.45, 7) is 13.4. The monoisotopic (exact) mass is 356 g/mol. The molecule has 0 fully saturated rings. The Hall–Kier alpha value is -0.160. The van der Waals surface area contributed by atoms with E-state index in [0.29, 0.717) is 0 Å². The van der Waals surface area contributed by atoms with Gasteiger partial charge in [0.15, 0.2) is 0 Å². The van der Waals surface area contributed by atoms with Crippen molar-refractivity contribution < 1.29 is 0 Å². The summed E-state index contributed by atoms with van der Waals surface area (Å²) in [5.74, 6) is 0. The third-order valence-corrected chi connectivity index (χ3v) is 4.96. The summed E-state index contributed by atoms with van der Waals surface area (Å²) in [6.07, 6.45) is 14.4. The second-order valence-corrected chi connectivity index (χ2v) is 7.44. The lowest BCUT2D eigenvalue weighted by atomic mass is 10.1. The van der Waals surface area contributed by atoms with Crippen molar-refractivity contribution in [2.24, 2.45) is 11.5 Å². The van der Waals surface area contributed by atoms with Crippen LogP contribution in [0.5, 0.6) is 0 Å². The molecule has 0 aromatic carbocycles. The average Bonchev–Trinajstić information content (AvgIpc) is 2.63. The molecular formula is C21H48N4. The zero-order valence-electron chi connectivity index (χ0n) is 17.5. The van der Waals surface area contributed by atoms with Crippen molar-refractivity contribution in [2.75, 3.05) is 52.4 Å². The third kappa shape index (κ3) is 17.0. The van der Waals surface area contributed by atoms with Crippen LogP contribution in [0, 0.1) is 0 Å². The topological polar surface area (TPSA) is 58.5 Å². The minimum Gasteiger partial charge on any atom is -0.330 e. The van der Waals surface area contributed by atoms with Crippen molar-refractivity contribution in [1.82, 2.24) is 9.80 Å². The van der Waals surface area contributed by atoms with Gasteiger partial charge in [0.25, 0.3) is 0 Å². The second kappa shape index (κ2) is 20.2. The standard InChI is InChI=1S/C21H48N4/c1-3-5-7-9-16-24(17-10-8-6-4-2)20-13-21-25(18-11-14-22)19-12-15-23/h3-23H2,1-2H3. The highest BCUT2D eigenvalue weighted by molar-refractivity contribution is 4.64. The third-order valence-electron chi connectivity index (χ3n) is 4.96. The Balaban J connectivity index is 4.10. The van der Waals surface area contributed by atoms with Gasteiger partial charge >= 0.3 is 0 Å². The molecule has 0 radical (unpaired) electrons. The van der Waals surface area contributed by atoms with E-state index in [1.54, 1.807) is 0 Å². The molecule has 0 saturated heterocycles. The lowest BCUT2D eigenvalue weighted by molar-refractivity contribution is 0.219. The van der Waals surface area contributed by atoms with Crippen LogP contribution in [-0.2, 0) is 0 Å². The first-order valence-corrected chi connectivity index (χ1v) is 11.1. The maximum atomic E-state index is 5.68. The van der Waals surface area contributed by atoms with Crippen LogP contribution >= 0.6 is 0 Å². The van der Waals surface area contributed by atoms with Crippen LogP contribution in [0.4, 0.5) is 0 Å². The van der Waals surface area contributed by atoms with Gasteiger partial charge in [-0.1, -0.05) is 52.4 Å². The first-order valence-electron chi connectivity index (χ1n) is 11.1. The van der Waals surface area contributed by atoms with Gasteiger partial charge in [-0.25, -0.2) is 0 Å². The molecule has 25 heavy (non-hydrogen) atoms. The molecule has 0 aromatic heterocycles. The molecule has 0 rings (SSSR count). The molecule has 0 aliphatic carbocycles. The molecule has 0 spiro atoms. The predicted molar refractivity (Wildman–Crippen MR) is 113 cm³/mol. The van der Waals surface area contributed by atoms with Crippen LogP contribution in [0.15, 0.2) is 0 Å². The Bertz CT molecular complexity index is 228. The van der Waals surface area contributed by atoms with Crippen molar-refractivity contribution in [3.8, 4) is 0 Å². The minimum absolute atomic E-state index is 0.792. The van der Waals surface area contributed by atoms with E-state index in [4.69, 9.17) is 11.5 Å². The van der Waals surface area contributed by atoms with Gasteiger partial charge in [-0.05, 0) is 84.5 Å². The Labute approximate surface area is 158 Å².